The van der Waals surface area contributed by atoms with Crippen molar-refractivity contribution in [3.8, 4) is 0 Å². The van der Waals surface area contributed by atoms with Crippen molar-refractivity contribution in [3.05, 3.63) is 58.1 Å². The standard InChI is InChI=1S/C27H32Cl2F3N3O5S/c1-17-18(15-33-25(37)40-26(2,3)4)6-5-13-34(17)24(36)16-35(41(38,39)21-10-8-20(28)9-11-21)23-14-19(27(30,31)32)7-12-22(23)29/h7-12,14,17-18H,5-6,13,15-16H2,1-4H3,(H,33,37). The number of rotatable bonds is 7. The Balaban J connectivity index is 1.92. The number of nitrogens with one attached hydrogen (secondary N) is 1. The van der Waals surface area contributed by atoms with Crippen LogP contribution in [0.4, 0.5) is 23.7 Å². The molecule has 2 atom stereocenters. The third-order valence-corrected chi connectivity index (χ3v) is 8.94. The average molecular weight is 639 g/mol. The number of ether oxygens (including phenoxy) is 1. The minimum atomic E-state index is -4.78. The Hall–Kier alpha value is -2.70. The summed E-state index contributed by atoms with van der Waals surface area (Å²) in [5.41, 5.74) is -2.30. The lowest BCUT2D eigenvalue weighted by Crippen LogP contribution is -2.53. The van der Waals surface area contributed by atoms with Crippen molar-refractivity contribution < 1.29 is 35.9 Å². The Kier molecular flexibility index (Phi) is 10.1. The Morgan fingerprint density at radius 2 is 1.73 bits per heavy atom. The highest BCUT2D eigenvalue weighted by molar-refractivity contribution is 7.92. The maximum atomic E-state index is 13.7. The number of amides is 2. The predicted molar refractivity (Wildman–Crippen MR) is 151 cm³/mol. The number of halogens is 5. The number of benzene rings is 2. The normalized spacial score (nSPS) is 18.1. The predicted octanol–water partition coefficient (Wildman–Crippen LogP) is 6.36. The molecule has 0 bridgehead atoms. The van der Waals surface area contributed by atoms with E-state index in [4.69, 9.17) is 27.9 Å². The molecule has 0 radical (unpaired) electrons. The largest absolute Gasteiger partial charge is 0.444 e. The molecule has 1 N–H and O–H groups in total. The van der Waals surface area contributed by atoms with Crippen LogP contribution in [0.5, 0.6) is 0 Å². The molecule has 1 fully saturated rings. The van der Waals surface area contributed by atoms with Crippen LogP contribution < -0.4 is 9.62 Å². The van der Waals surface area contributed by atoms with Gasteiger partial charge in [0.15, 0.2) is 0 Å². The van der Waals surface area contributed by atoms with E-state index in [1.54, 1.807) is 27.7 Å². The van der Waals surface area contributed by atoms with Gasteiger partial charge in [-0.25, -0.2) is 13.2 Å². The summed E-state index contributed by atoms with van der Waals surface area (Å²) < 4.78 is 74.0. The molecule has 8 nitrogen and oxygen atoms in total. The minimum Gasteiger partial charge on any atom is -0.444 e. The number of piperidine rings is 1. The van der Waals surface area contributed by atoms with Gasteiger partial charge in [-0.05, 0) is 88.9 Å². The van der Waals surface area contributed by atoms with Gasteiger partial charge in [-0.15, -0.1) is 0 Å². The maximum absolute atomic E-state index is 13.7. The number of alkyl halides is 3. The van der Waals surface area contributed by atoms with Gasteiger partial charge in [0.05, 0.1) is 21.2 Å². The lowest BCUT2D eigenvalue weighted by molar-refractivity contribution is -0.137. The Bertz CT molecular complexity index is 1370. The van der Waals surface area contributed by atoms with Gasteiger partial charge in [0, 0.05) is 24.2 Å². The SMILES string of the molecule is CC1C(CNC(=O)OC(C)(C)C)CCCN1C(=O)CN(c1cc(C(F)(F)F)ccc1Cl)S(=O)(=O)c1ccc(Cl)cc1. The van der Waals surface area contributed by atoms with Crippen LogP contribution in [0.25, 0.3) is 0 Å². The van der Waals surface area contributed by atoms with Gasteiger partial charge in [0.25, 0.3) is 10.0 Å². The van der Waals surface area contributed by atoms with E-state index in [0.717, 1.165) is 12.1 Å². The highest BCUT2D eigenvalue weighted by Crippen LogP contribution is 2.38. The zero-order chi connectivity index (χ0) is 30.8. The third kappa shape index (κ3) is 8.42. The molecule has 1 heterocycles. The van der Waals surface area contributed by atoms with E-state index in [2.05, 4.69) is 5.32 Å². The second-order valence-electron chi connectivity index (χ2n) is 10.7. The van der Waals surface area contributed by atoms with E-state index in [9.17, 15) is 31.2 Å². The number of carbonyl (C=O) groups is 2. The molecule has 0 spiro atoms. The quantitative estimate of drug-likeness (QED) is 0.381. The fraction of sp³-hybridized carbons (Fsp3) is 0.481. The number of anilines is 1. The maximum Gasteiger partial charge on any atom is 0.416 e. The average Bonchev–Trinajstić information content (AvgIpc) is 2.85. The summed E-state index contributed by atoms with van der Waals surface area (Å²) in [5, 5.41) is 2.67. The van der Waals surface area contributed by atoms with Gasteiger partial charge in [-0.1, -0.05) is 23.2 Å². The molecular formula is C27H32Cl2F3N3O5S. The van der Waals surface area contributed by atoms with Crippen LogP contribution in [0.1, 0.15) is 46.1 Å². The molecule has 0 saturated carbocycles. The molecule has 2 aromatic carbocycles. The van der Waals surface area contributed by atoms with E-state index < -0.39 is 57.6 Å². The zero-order valence-electron chi connectivity index (χ0n) is 23.0. The van der Waals surface area contributed by atoms with Crippen LogP contribution in [-0.4, -0.2) is 56.6 Å². The topological polar surface area (TPSA) is 96.0 Å². The fourth-order valence-electron chi connectivity index (χ4n) is 4.50. The summed E-state index contributed by atoms with van der Waals surface area (Å²) in [6.45, 7) is 6.68. The third-order valence-electron chi connectivity index (χ3n) is 6.60. The first-order chi connectivity index (χ1) is 18.9. The second kappa shape index (κ2) is 12.7. The van der Waals surface area contributed by atoms with Crippen molar-refractivity contribution in [2.75, 3.05) is 23.9 Å². The molecule has 1 saturated heterocycles. The molecule has 2 amide bonds. The highest BCUT2D eigenvalue weighted by Gasteiger charge is 2.37. The van der Waals surface area contributed by atoms with Crippen molar-refractivity contribution in [1.82, 2.24) is 10.2 Å². The van der Waals surface area contributed by atoms with Crippen LogP contribution in [0.15, 0.2) is 47.4 Å². The van der Waals surface area contributed by atoms with Crippen LogP contribution in [0, 0.1) is 5.92 Å². The van der Waals surface area contributed by atoms with Gasteiger partial charge in [-0.2, -0.15) is 13.2 Å². The van der Waals surface area contributed by atoms with Crippen molar-refractivity contribution >= 4 is 50.9 Å². The summed E-state index contributed by atoms with van der Waals surface area (Å²) in [7, 11) is -4.56. The van der Waals surface area contributed by atoms with Crippen LogP contribution in [0.3, 0.4) is 0 Å². The Morgan fingerprint density at radius 3 is 2.32 bits per heavy atom. The lowest BCUT2D eigenvalue weighted by atomic mass is 9.90. The molecule has 14 heteroatoms. The molecule has 1 aliphatic rings. The summed E-state index contributed by atoms with van der Waals surface area (Å²) in [6, 6.07) is 6.89. The zero-order valence-corrected chi connectivity index (χ0v) is 25.3. The first-order valence-electron chi connectivity index (χ1n) is 12.8. The number of alkyl carbamates (subject to hydrolysis) is 1. The van der Waals surface area contributed by atoms with E-state index in [1.807, 2.05) is 0 Å². The van der Waals surface area contributed by atoms with E-state index >= 15 is 0 Å². The van der Waals surface area contributed by atoms with Gasteiger partial charge < -0.3 is 15.0 Å². The number of sulfonamides is 1. The molecule has 2 unspecified atom stereocenters. The molecule has 41 heavy (non-hydrogen) atoms. The van der Waals surface area contributed by atoms with Crippen LogP contribution in [-0.2, 0) is 25.7 Å². The first kappa shape index (κ1) is 32.8. The molecule has 3 rings (SSSR count). The number of carbonyl (C=O) groups excluding carboxylic acids is 2. The van der Waals surface area contributed by atoms with Gasteiger partial charge in [-0.3, -0.25) is 9.10 Å². The Morgan fingerprint density at radius 1 is 1.10 bits per heavy atom. The molecule has 1 aliphatic heterocycles. The van der Waals surface area contributed by atoms with E-state index in [-0.39, 0.29) is 27.4 Å². The number of likely N-dealkylation sites (tertiary alicyclic amines) is 1. The van der Waals surface area contributed by atoms with Gasteiger partial charge >= 0.3 is 12.3 Å². The molecule has 0 aliphatic carbocycles. The van der Waals surface area contributed by atoms with Gasteiger partial charge in [0.1, 0.15) is 12.1 Å². The van der Waals surface area contributed by atoms with Crippen LogP contribution in [0.2, 0.25) is 10.0 Å². The van der Waals surface area contributed by atoms with Crippen molar-refractivity contribution in [2.24, 2.45) is 5.92 Å². The summed E-state index contributed by atoms with van der Waals surface area (Å²) in [6.07, 6.45) is -4.13. The monoisotopic (exact) mass is 637 g/mol. The second-order valence-corrected chi connectivity index (χ2v) is 13.4. The molecular weight excluding hydrogens is 606 g/mol. The van der Waals surface area contributed by atoms with Gasteiger partial charge in [0.2, 0.25) is 5.91 Å². The number of nitrogens with zero attached hydrogens (tertiary/aromatic N) is 2. The number of hydrogen-bond acceptors (Lipinski definition) is 5. The van der Waals surface area contributed by atoms with Crippen molar-refractivity contribution in [2.45, 2.75) is 63.3 Å². The smallest absolute Gasteiger partial charge is 0.416 e. The summed E-state index contributed by atoms with van der Waals surface area (Å²) in [4.78, 5) is 26.9. The number of hydrogen-bond donors (Lipinski definition) is 1. The molecule has 2 aromatic rings. The Labute approximate surface area is 247 Å². The molecule has 0 aromatic heterocycles. The molecule has 226 valence electrons. The lowest BCUT2D eigenvalue weighted by Gasteiger charge is -2.40. The fourth-order valence-corrected chi connectivity index (χ4v) is 6.32. The first-order valence-corrected chi connectivity index (χ1v) is 15.0. The summed E-state index contributed by atoms with van der Waals surface area (Å²) in [5.74, 6) is -0.802. The highest BCUT2D eigenvalue weighted by atomic mass is 35.5. The minimum absolute atomic E-state index is 0.168. The van der Waals surface area contributed by atoms with E-state index in [1.165, 1.54) is 29.2 Å². The summed E-state index contributed by atoms with van der Waals surface area (Å²) >= 11 is 12.1. The van der Waals surface area contributed by atoms with Crippen molar-refractivity contribution in [3.63, 3.8) is 0 Å². The van der Waals surface area contributed by atoms with E-state index in [0.29, 0.717) is 29.8 Å². The van der Waals surface area contributed by atoms with Crippen LogP contribution >= 0.6 is 23.2 Å². The van der Waals surface area contributed by atoms with Crippen molar-refractivity contribution in [1.29, 1.82) is 0 Å².